The van der Waals surface area contributed by atoms with Crippen LogP contribution in [-0.2, 0) is 0 Å². The first-order valence-electron chi connectivity index (χ1n) is 6.16. The average molecular weight is 241 g/mol. The van der Waals surface area contributed by atoms with Gasteiger partial charge in [0.15, 0.2) is 0 Å². The summed E-state index contributed by atoms with van der Waals surface area (Å²) in [4.78, 5) is 2.14. The Bertz CT molecular complexity index is 517. The third kappa shape index (κ3) is 2.71. The lowest BCUT2D eigenvalue weighted by Gasteiger charge is -2.20. The molecule has 0 heterocycles. The fraction of sp³-hybridized carbons (Fsp3) is 0.250. The number of anilines is 2. The van der Waals surface area contributed by atoms with Crippen molar-refractivity contribution < 1.29 is 5.11 Å². The molecule has 0 saturated carbocycles. The van der Waals surface area contributed by atoms with Crippen LogP contribution in [0.15, 0.2) is 48.5 Å². The number of hydrogen-bond donors (Lipinski definition) is 1. The molecule has 2 rings (SSSR count). The lowest BCUT2D eigenvalue weighted by Crippen LogP contribution is -2.09. The van der Waals surface area contributed by atoms with E-state index in [4.69, 9.17) is 0 Å². The zero-order valence-electron chi connectivity index (χ0n) is 11.1. The van der Waals surface area contributed by atoms with E-state index in [0.717, 1.165) is 11.3 Å². The first kappa shape index (κ1) is 12.7. The van der Waals surface area contributed by atoms with E-state index < -0.39 is 6.10 Å². The van der Waals surface area contributed by atoms with Crippen LogP contribution < -0.4 is 4.90 Å². The van der Waals surface area contributed by atoms with Gasteiger partial charge in [0.25, 0.3) is 0 Å². The van der Waals surface area contributed by atoms with E-state index in [0.29, 0.717) is 0 Å². The molecule has 0 spiro atoms. The highest BCUT2D eigenvalue weighted by Crippen LogP contribution is 2.25. The zero-order chi connectivity index (χ0) is 13.1. The zero-order valence-corrected chi connectivity index (χ0v) is 11.1. The largest absolute Gasteiger partial charge is 0.389 e. The Morgan fingerprint density at radius 3 is 2.22 bits per heavy atom. The maximum absolute atomic E-state index is 9.49. The molecule has 18 heavy (non-hydrogen) atoms. The van der Waals surface area contributed by atoms with Crippen molar-refractivity contribution in [3.8, 4) is 0 Å². The van der Waals surface area contributed by atoms with Crippen molar-refractivity contribution in [3.63, 3.8) is 0 Å². The summed E-state index contributed by atoms with van der Waals surface area (Å²) in [6.07, 6.45) is -0.414. The van der Waals surface area contributed by atoms with Crippen molar-refractivity contribution in [2.75, 3.05) is 11.9 Å². The Labute approximate surface area is 109 Å². The topological polar surface area (TPSA) is 23.5 Å². The third-order valence-electron chi connectivity index (χ3n) is 3.15. The van der Waals surface area contributed by atoms with Crippen LogP contribution in [0, 0.1) is 6.92 Å². The van der Waals surface area contributed by atoms with Crippen LogP contribution in [-0.4, -0.2) is 12.2 Å². The minimum Gasteiger partial charge on any atom is -0.389 e. The Morgan fingerprint density at radius 1 is 1.00 bits per heavy atom. The summed E-state index contributed by atoms with van der Waals surface area (Å²) in [5.74, 6) is 0. The third-order valence-corrected chi connectivity index (χ3v) is 3.15. The second-order valence-corrected chi connectivity index (χ2v) is 4.67. The van der Waals surface area contributed by atoms with Crippen LogP contribution in [0.5, 0.6) is 0 Å². The first-order chi connectivity index (χ1) is 8.58. The molecule has 2 heteroatoms. The van der Waals surface area contributed by atoms with Crippen LogP contribution >= 0.6 is 0 Å². The lowest BCUT2D eigenvalue weighted by atomic mass is 10.1. The minimum atomic E-state index is -0.414. The van der Waals surface area contributed by atoms with Gasteiger partial charge in [-0.05, 0) is 49.2 Å². The fourth-order valence-electron chi connectivity index (χ4n) is 1.96. The van der Waals surface area contributed by atoms with Gasteiger partial charge in [0.1, 0.15) is 0 Å². The Hall–Kier alpha value is -1.80. The van der Waals surface area contributed by atoms with Gasteiger partial charge < -0.3 is 10.0 Å². The van der Waals surface area contributed by atoms with Gasteiger partial charge in [-0.15, -0.1) is 0 Å². The van der Waals surface area contributed by atoms with E-state index in [1.165, 1.54) is 11.3 Å². The van der Waals surface area contributed by atoms with E-state index in [1.807, 2.05) is 31.3 Å². The van der Waals surface area contributed by atoms with Gasteiger partial charge >= 0.3 is 0 Å². The monoisotopic (exact) mass is 241 g/mol. The quantitative estimate of drug-likeness (QED) is 0.883. The predicted octanol–water partition coefficient (Wildman–Crippen LogP) is 3.82. The van der Waals surface area contributed by atoms with Gasteiger partial charge in [0.2, 0.25) is 0 Å². The number of hydrogen-bond acceptors (Lipinski definition) is 2. The molecule has 0 saturated heterocycles. The highest BCUT2D eigenvalue weighted by Gasteiger charge is 2.05. The van der Waals surface area contributed by atoms with Gasteiger partial charge in [-0.2, -0.15) is 0 Å². The van der Waals surface area contributed by atoms with Crippen LogP contribution in [0.2, 0.25) is 0 Å². The molecule has 1 atom stereocenters. The SMILES string of the molecule is Cc1cccc(N(C)c2ccc([C@H](C)O)cc2)c1. The van der Waals surface area contributed by atoms with Crippen molar-refractivity contribution in [1.82, 2.24) is 0 Å². The molecule has 0 bridgehead atoms. The summed E-state index contributed by atoms with van der Waals surface area (Å²) in [5.41, 5.74) is 4.47. The molecule has 2 aromatic carbocycles. The summed E-state index contributed by atoms with van der Waals surface area (Å²) in [5, 5.41) is 9.49. The van der Waals surface area contributed by atoms with E-state index in [-0.39, 0.29) is 0 Å². The van der Waals surface area contributed by atoms with Crippen molar-refractivity contribution >= 4 is 11.4 Å². The van der Waals surface area contributed by atoms with Crippen molar-refractivity contribution in [1.29, 1.82) is 0 Å². The Morgan fingerprint density at radius 2 is 1.67 bits per heavy atom. The van der Waals surface area contributed by atoms with Crippen molar-refractivity contribution in [2.24, 2.45) is 0 Å². The molecular weight excluding hydrogens is 222 g/mol. The van der Waals surface area contributed by atoms with Crippen molar-refractivity contribution in [2.45, 2.75) is 20.0 Å². The summed E-state index contributed by atoms with van der Waals surface area (Å²) in [6.45, 7) is 3.87. The van der Waals surface area contributed by atoms with E-state index in [2.05, 4.69) is 36.1 Å². The highest BCUT2D eigenvalue weighted by molar-refractivity contribution is 5.63. The summed E-state index contributed by atoms with van der Waals surface area (Å²) in [7, 11) is 2.05. The average Bonchev–Trinajstić information content (AvgIpc) is 2.38. The molecule has 2 aromatic rings. The molecule has 1 N–H and O–H groups in total. The standard InChI is InChI=1S/C16H19NO/c1-12-5-4-6-16(11-12)17(3)15-9-7-14(8-10-15)13(2)18/h4-11,13,18H,1-3H3/t13-/m0/s1. The number of aryl methyl sites for hydroxylation is 1. The maximum Gasteiger partial charge on any atom is 0.0761 e. The van der Waals surface area contributed by atoms with Gasteiger partial charge in [-0.25, -0.2) is 0 Å². The second-order valence-electron chi connectivity index (χ2n) is 4.67. The van der Waals surface area contributed by atoms with Gasteiger partial charge in [-0.3, -0.25) is 0 Å². The van der Waals surface area contributed by atoms with E-state index in [1.54, 1.807) is 6.92 Å². The molecule has 0 aliphatic carbocycles. The summed E-state index contributed by atoms with van der Waals surface area (Å²) >= 11 is 0. The molecule has 0 aromatic heterocycles. The van der Waals surface area contributed by atoms with Crippen LogP contribution in [0.3, 0.4) is 0 Å². The predicted molar refractivity (Wildman–Crippen MR) is 76.3 cm³/mol. The highest BCUT2D eigenvalue weighted by atomic mass is 16.3. The van der Waals surface area contributed by atoms with Crippen LogP contribution in [0.4, 0.5) is 11.4 Å². The van der Waals surface area contributed by atoms with Crippen LogP contribution in [0.1, 0.15) is 24.2 Å². The molecule has 0 amide bonds. The van der Waals surface area contributed by atoms with Gasteiger partial charge in [-0.1, -0.05) is 24.3 Å². The fourth-order valence-corrected chi connectivity index (χ4v) is 1.96. The van der Waals surface area contributed by atoms with E-state index in [9.17, 15) is 5.11 Å². The van der Waals surface area contributed by atoms with Gasteiger partial charge in [0, 0.05) is 18.4 Å². The molecule has 0 unspecified atom stereocenters. The molecular formula is C16H19NO. The van der Waals surface area contributed by atoms with Gasteiger partial charge in [0.05, 0.1) is 6.10 Å². The first-order valence-corrected chi connectivity index (χ1v) is 6.16. The molecule has 0 fully saturated rings. The Kier molecular flexibility index (Phi) is 3.68. The van der Waals surface area contributed by atoms with Crippen molar-refractivity contribution in [3.05, 3.63) is 59.7 Å². The number of rotatable bonds is 3. The second kappa shape index (κ2) is 5.23. The maximum atomic E-state index is 9.49. The minimum absolute atomic E-state index is 0.414. The lowest BCUT2D eigenvalue weighted by molar-refractivity contribution is 0.199. The summed E-state index contributed by atoms with van der Waals surface area (Å²) in [6, 6.07) is 16.4. The summed E-state index contributed by atoms with van der Waals surface area (Å²) < 4.78 is 0. The smallest absolute Gasteiger partial charge is 0.0761 e. The molecule has 2 nitrogen and oxygen atoms in total. The van der Waals surface area contributed by atoms with E-state index >= 15 is 0 Å². The number of aliphatic hydroxyl groups is 1. The number of benzene rings is 2. The molecule has 0 aliphatic rings. The Balaban J connectivity index is 2.26. The number of nitrogens with zero attached hydrogens (tertiary/aromatic N) is 1. The molecule has 94 valence electrons. The normalized spacial score (nSPS) is 12.2. The molecule has 0 aliphatic heterocycles. The molecule has 0 radical (unpaired) electrons. The van der Waals surface area contributed by atoms with Crippen LogP contribution in [0.25, 0.3) is 0 Å². The number of aliphatic hydroxyl groups excluding tert-OH is 1.